The highest BCUT2D eigenvalue weighted by Crippen LogP contribution is 2.19. The maximum Gasteiger partial charge on any atom is 0.0905 e. The molecule has 0 fully saturated rings. The molecule has 0 aliphatic heterocycles. The Morgan fingerprint density at radius 2 is 0.938 bits per heavy atom. The summed E-state index contributed by atoms with van der Waals surface area (Å²) >= 11 is 4.24. The van der Waals surface area contributed by atoms with E-state index in [1.54, 1.807) is 0 Å². The predicted molar refractivity (Wildman–Crippen MR) is 81.7 cm³/mol. The van der Waals surface area contributed by atoms with E-state index in [-0.39, 0.29) is 16.4 Å². The van der Waals surface area contributed by atoms with Crippen LogP contribution in [0.1, 0.15) is 0 Å². The van der Waals surface area contributed by atoms with Crippen LogP contribution in [-0.4, -0.2) is 16.4 Å². The van der Waals surface area contributed by atoms with Crippen molar-refractivity contribution < 1.29 is 0 Å². The second kappa shape index (κ2) is 7.01. The van der Waals surface area contributed by atoms with Crippen LogP contribution < -0.4 is 0 Å². The van der Waals surface area contributed by atoms with Crippen LogP contribution in [0.25, 0.3) is 0 Å². The molecule has 2 aromatic rings. The van der Waals surface area contributed by atoms with E-state index in [2.05, 4.69) is 83.1 Å². The van der Waals surface area contributed by atoms with E-state index >= 15 is 0 Å². The molecule has 0 aliphatic carbocycles. The van der Waals surface area contributed by atoms with Gasteiger partial charge in [-0.1, -0.05) is 36.4 Å². The van der Waals surface area contributed by atoms with Gasteiger partial charge in [0.05, 0.1) is 16.4 Å². The van der Waals surface area contributed by atoms with Gasteiger partial charge in [0.15, 0.2) is 0 Å². The first-order valence-corrected chi connectivity index (χ1v) is 14.7. The molecule has 0 amide bonds. The molecule has 0 saturated heterocycles. The number of hydrogen-bond donors (Lipinski definition) is 0. The number of benzene rings is 2. The predicted octanol–water partition coefficient (Wildman–Crippen LogP) is 2.65. The Morgan fingerprint density at radius 3 is 1.31 bits per heavy atom. The first kappa shape index (κ1) is 12.0. The molecule has 82 valence electrons. The maximum atomic E-state index is 2.22. The van der Waals surface area contributed by atoms with Crippen molar-refractivity contribution in [3.63, 3.8) is 0 Å². The average Bonchev–Trinajstić information content (AvgIpc) is 2.37. The SMILES string of the molecule is c1ccc(S[SiH2][SiH2]Sc2ccccc2)cc1. The van der Waals surface area contributed by atoms with Crippen molar-refractivity contribution >= 4 is 38.8 Å². The summed E-state index contributed by atoms with van der Waals surface area (Å²) in [6.45, 7) is 0. The van der Waals surface area contributed by atoms with Crippen molar-refractivity contribution in [3.8, 4) is 0 Å². The van der Waals surface area contributed by atoms with Crippen LogP contribution in [0.2, 0.25) is 0 Å². The van der Waals surface area contributed by atoms with Crippen molar-refractivity contribution in [1.29, 1.82) is 0 Å². The quantitative estimate of drug-likeness (QED) is 0.609. The first-order valence-electron chi connectivity index (χ1n) is 5.31. The van der Waals surface area contributed by atoms with Crippen LogP contribution in [-0.2, 0) is 0 Å². The number of hydrogen-bond acceptors (Lipinski definition) is 2. The molecule has 4 heteroatoms. The summed E-state index contributed by atoms with van der Waals surface area (Å²) in [7, 11) is 0.175. The Balaban J connectivity index is 1.70. The average molecular weight is 279 g/mol. The third-order valence-corrected chi connectivity index (χ3v) is 17.3. The summed E-state index contributed by atoms with van der Waals surface area (Å²) < 4.78 is 0. The van der Waals surface area contributed by atoms with Gasteiger partial charge in [0.2, 0.25) is 0 Å². The van der Waals surface area contributed by atoms with Crippen molar-refractivity contribution in [2.45, 2.75) is 9.79 Å². The highest BCUT2D eigenvalue weighted by atomic mass is 32.4. The molecule has 0 nitrogen and oxygen atoms in total. The van der Waals surface area contributed by atoms with Gasteiger partial charge < -0.3 is 0 Å². The van der Waals surface area contributed by atoms with Gasteiger partial charge in [0, 0.05) is 9.79 Å². The fourth-order valence-electron chi connectivity index (χ4n) is 1.35. The summed E-state index contributed by atoms with van der Waals surface area (Å²) in [5.74, 6) is 0. The Labute approximate surface area is 109 Å². The standard InChI is InChI=1S/C12H14S2Si2/c1-3-7-11(8-4-1)13-15-16-14-12-9-5-2-6-10-12/h1-10H,15-16H2. The largest absolute Gasteiger partial charge is 0.162 e. The van der Waals surface area contributed by atoms with Crippen LogP contribution in [0.5, 0.6) is 0 Å². The Hall–Kier alpha value is -0.426. The minimum absolute atomic E-state index is 0.0877. The lowest BCUT2D eigenvalue weighted by Crippen LogP contribution is -1.93. The molecule has 0 N–H and O–H groups in total. The fourth-order valence-corrected chi connectivity index (χ4v) is 16.0. The van der Waals surface area contributed by atoms with Crippen molar-refractivity contribution in [2.75, 3.05) is 0 Å². The van der Waals surface area contributed by atoms with E-state index in [9.17, 15) is 0 Å². The number of rotatable bonds is 5. The van der Waals surface area contributed by atoms with Gasteiger partial charge in [-0.2, -0.15) is 22.4 Å². The molecular weight excluding hydrogens is 264 g/mol. The molecule has 16 heavy (non-hydrogen) atoms. The highest BCUT2D eigenvalue weighted by molar-refractivity contribution is 8.39. The minimum Gasteiger partial charge on any atom is -0.162 e. The molecule has 0 unspecified atom stereocenters. The first-order chi connectivity index (χ1) is 7.95. The Kier molecular flexibility index (Phi) is 5.27. The molecular formula is C12H14S2Si2. The highest BCUT2D eigenvalue weighted by Gasteiger charge is 1.96. The van der Waals surface area contributed by atoms with Gasteiger partial charge in [-0.25, -0.2) is 0 Å². The monoisotopic (exact) mass is 278 g/mol. The molecule has 0 spiro atoms. The fraction of sp³-hybridized carbons (Fsp3) is 0. The molecule has 2 rings (SSSR count). The lowest BCUT2D eigenvalue weighted by molar-refractivity contribution is 1.48. The molecule has 0 aromatic heterocycles. The van der Waals surface area contributed by atoms with Crippen LogP contribution >= 0.6 is 22.4 Å². The van der Waals surface area contributed by atoms with Crippen LogP contribution in [0.15, 0.2) is 70.5 Å². The smallest absolute Gasteiger partial charge is 0.0905 e. The van der Waals surface area contributed by atoms with Crippen molar-refractivity contribution in [1.82, 2.24) is 0 Å². The van der Waals surface area contributed by atoms with Crippen LogP contribution in [0, 0.1) is 0 Å². The summed E-state index contributed by atoms with van der Waals surface area (Å²) in [5, 5.41) is 0. The summed E-state index contributed by atoms with van der Waals surface area (Å²) in [6, 6.07) is 21.6. The van der Waals surface area contributed by atoms with Crippen molar-refractivity contribution in [2.24, 2.45) is 0 Å². The topological polar surface area (TPSA) is 0 Å². The zero-order chi connectivity index (χ0) is 11.1. The van der Waals surface area contributed by atoms with Crippen molar-refractivity contribution in [3.05, 3.63) is 60.7 Å². The van der Waals surface area contributed by atoms with Crippen LogP contribution in [0.3, 0.4) is 0 Å². The molecule has 0 saturated carbocycles. The van der Waals surface area contributed by atoms with Gasteiger partial charge in [-0.15, -0.1) is 0 Å². The van der Waals surface area contributed by atoms with E-state index in [1.165, 1.54) is 9.79 Å². The van der Waals surface area contributed by atoms with E-state index in [0.717, 1.165) is 0 Å². The van der Waals surface area contributed by atoms with Gasteiger partial charge >= 0.3 is 0 Å². The third-order valence-electron chi connectivity index (χ3n) is 2.11. The van der Waals surface area contributed by atoms with E-state index in [4.69, 9.17) is 0 Å². The van der Waals surface area contributed by atoms with Gasteiger partial charge in [-0.05, 0) is 24.3 Å². The summed E-state index contributed by atoms with van der Waals surface area (Å²) in [6.07, 6.45) is 0. The molecule has 0 bridgehead atoms. The summed E-state index contributed by atoms with van der Waals surface area (Å²) in [5.41, 5.74) is 0. The maximum absolute atomic E-state index is 2.22. The molecule has 0 radical (unpaired) electrons. The van der Waals surface area contributed by atoms with Gasteiger partial charge in [0.25, 0.3) is 0 Å². The lowest BCUT2D eigenvalue weighted by atomic mass is 10.4. The molecule has 0 aliphatic rings. The third kappa shape index (κ3) is 4.21. The molecule has 0 atom stereocenters. The zero-order valence-corrected chi connectivity index (χ0v) is 13.5. The minimum atomic E-state index is 0.0877. The Morgan fingerprint density at radius 1 is 0.562 bits per heavy atom. The van der Waals surface area contributed by atoms with Crippen LogP contribution in [0.4, 0.5) is 0 Å². The van der Waals surface area contributed by atoms with E-state index in [0.29, 0.717) is 0 Å². The summed E-state index contributed by atoms with van der Waals surface area (Å²) in [4.78, 5) is 2.91. The van der Waals surface area contributed by atoms with Gasteiger partial charge in [0.1, 0.15) is 0 Å². The van der Waals surface area contributed by atoms with E-state index in [1.807, 2.05) is 0 Å². The normalized spacial score (nSPS) is 11.8. The Bertz CT molecular complexity index is 364. The second-order valence-corrected chi connectivity index (χ2v) is 17.2. The molecule has 2 aromatic carbocycles. The lowest BCUT2D eigenvalue weighted by Gasteiger charge is -2.01. The second-order valence-electron chi connectivity index (χ2n) is 3.32. The molecule has 0 heterocycles. The zero-order valence-electron chi connectivity index (χ0n) is 9.00. The van der Waals surface area contributed by atoms with Gasteiger partial charge in [-0.3, -0.25) is 0 Å². The van der Waals surface area contributed by atoms with E-state index < -0.39 is 0 Å².